The molecule has 1 aromatic rings. The van der Waals surface area contributed by atoms with Crippen LogP contribution in [-0.2, 0) is 11.3 Å². The van der Waals surface area contributed by atoms with Gasteiger partial charge in [0.05, 0.1) is 0 Å². The van der Waals surface area contributed by atoms with E-state index in [-0.39, 0.29) is 11.6 Å². The predicted molar refractivity (Wildman–Crippen MR) is 79.7 cm³/mol. The summed E-state index contributed by atoms with van der Waals surface area (Å²) in [5.74, 6) is -0.553. The van der Waals surface area contributed by atoms with Gasteiger partial charge in [0.15, 0.2) is 0 Å². The van der Waals surface area contributed by atoms with Crippen LogP contribution in [0.15, 0.2) is 24.3 Å². The summed E-state index contributed by atoms with van der Waals surface area (Å²) in [6, 6.07) is 7.04. The summed E-state index contributed by atoms with van der Waals surface area (Å²) in [5.41, 5.74) is 4.03. The molecule has 0 aromatic heterocycles. The summed E-state index contributed by atoms with van der Waals surface area (Å²) < 4.78 is 0. The van der Waals surface area contributed by atoms with E-state index in [9.17, 15) is 14.8 Å². The van der Waals surface area contributed by atoms with Gasteiger partial charge in [-0.05, 0) is 24.1 Å². The van der Waals surface area contributed by atoms with Crippen LogP contribution in [0.1, 0.15) is 25.3 Å². The lowest BCUT2D eigenvalue weighted by Crippen LogP contribution is -2.48. The van der Waals surface area contributed by atoms with E-state index in [1.165, 1.54) is 0 Å². The minimum atomic E-state index is -0.640. The van der Waals surface area contributed by atoms with Gasteiger partial charge < -0.3 is 10.2 Å². The second-order valence-corrected chi connectivity index (χ2v) is 4.81. The van der Waals surface area contributed by atoms with E-state index in [1.54, 1.807) is 0 Å². The Kier molecular flexibility index (Phi) is 6.48. The fourth-order valence-electron chi connectivity index (χ4n) is 1.61. The molecule has 0 spiro atoms. The second-order valence-electron chi connectivity index (χ2n) is 4.81. The number of nitrogens with zero attached hydrogens (tertiary/aromatic N) is 2. The fraction of sp³-hybridized carbons (Fsp3) is 0.429. The molecule has 7 nitrogen and oxygen atoms in total. The number of nitrogens with one attached hydrogen (secondary N) is 2. The third-order valence-corrected chi connectivity index (χ3v) is 2.81. The lowest BCUT2D eigenvalue weighted by atomic mass is 10.2. The molecule has 7 heteroatoms. The molecular weight excluding hydrogens is 272 g/mol. The maximum Gasteiger partial charge on any atom is 0.335 e. The molecule has 3 N–H and O–H groups in total. The first-order valence-electron chi connectivity index (χ1n) is 6.76. The van der Waals surface area contributed by atoms with Crippen LogP contribution in [0, 0.1) is 0 Å². The first-order chi connectivity index (χ1) is 9.93. The quantitative estimate of drug-likeness (QED) is 0.567. The molecule has 0 aliphatic carbocycles. The van der Waals surface area contributed by atoms with Crippen molar-refractivity contribution in [2.75, 3.05) is 19.0 Å². The molecule has 21 heavy (non-hydrogen) atoms. The van der Waals surface area contributed by atoms with Crippen LogP contribution in [0.25, 0.3) is 0 Å². The van der Waals surface area contributed by atoms with E-state index in [2.05, 4.69) is 5.32 Å². The molecule has 0 aliphatic heterocycles. The molecule has 1 rings (SSSR count). The van der Waals surface area contributed by atoms with Crippen LogP contribution in [0.3, 0.4) is 0 Å². The van der Waals surface area contributed by atoms with Gasteiger partial charge in [0.25, 0.3) is 5.91 Å². The van der Waals surface area contributed by atoms with E-state index in [1.807, 2.05) is 55.6 Å². The van der Waals surface area contributed by atoms with Crippen molar-refractivity contribution < 1.29 is 14.8 Å². The van der Waals surface area contributed by atoms with Crippen LogP contribution in [-0.4, -0.2) is 36.4 Å². The number of carbonyl (C=O) groups is 2. The molecular formula is C14H22N4O3. The number of urea groups is 1. The average Bonchev–Trinajstić information content (AvgIpc) is 2.45. The molecule has 116 valence electrons. The summed E-state index contributed by atoms with van der Waals surface area (Å²) >= 11 is 0. The molecule has 0 radical (unpaired) electrons. The average molecular weight is 294 g/mol. The molecule has 0 saturated carbocycles. The first-order valence-corrected chi connectivity index (χ1v) is 6.76. The number of carbonyl (C=O) groups excluding carboxylic acids is 2. The van der Waals surface area contributed by atoms with Gasteiger partial charge in [-0.1, -0.05) is 19.1 Å². The largest absolute Gasteiger partial charge is 0.378 e. The van der Waals surface area contributed by atoms with Gasteiger partial charge >= 0.3 is 6.03 Å². The van der Waals surface area contributed by atoms with E-state index in [4.69, 9.17) is 0 Å². The Bertz CT molecular complexity index is 474. The third kappa shape index (κ3) is 5.70. The Labute approximate surface area is 124 Å². The number of hydroxylamine groups is 1. The highest BCUT2D eigenvalue weighted by atomic mass is 16.6. The minimum Gasteiger partial charge on any atom is -0.378 e. The standard InChI is InChI=1S/C14H22N4O3/c1-4-5-13(19)18(21)16-14(20)15-10-11-6-8-12(9-7-11)17(2)3/h6-9,21H,4-5,10H2,1-3H3,(H2,15,16,20). The highest BCUT2D eigenvalue weighted by molar-refractivity contribution is 5.80. The topological polar surface area (TPSA) is 84.9 Å². The van der Waals surface area contributed by atoms with E-state index < -0.39 is 11.9 Å². The fourth-order valence-corrected chi connectivity index (χ4v) is 1.61. The van der Waals surface area contributed by atoms with Crippen molar-refractivity contribution in [2.45, 2.75) is 26.3 Å². The summed E-state index contributed by atoms with van der Waals surface area (Å²) in [5, 5.41) is 12.1. The second kappa shape index (κ2) is 8.11. The smallest absolute Gasteiger partial charge is 0.335 e. The van der Waals surface area contributed by atoms with E-state index >= 15 is 0 Å². The number of benzene rings is 1. The highest BCUT2D eigenvalue weighted by Gasteiger charge is 2.12. The van der Waals surface area contributed by atoms with Gasteiger partial charge in [0.1, 0.15) is 0 Å². The summed E-state index contributed by atoms with van der Waals surface area (Å²) in [4.78, 5) is 24.8. The van der Waals surface area contributed by atoms with Gasteiger partial charge in [-0.15, -0.1) is 5.17 Å². The van der Waals surface area contributed by atoms with Gasteiger partial charge in [-0.3, -0.25) is 10.0 Å². The number of amides is 3. The van der Waals surface area contributed by atoms with Gasteiger partial charge in [0.2, 0.25) is 0 Å². The lowest BCUT2D eigenvalue weighted by Gasteiger charge is -2.16. The van der Waals surface area contributed by atoms with E-state index in [0.717, 1.165) is 11.3 Å². The zero-order chi connectivity index (χ0) is 15.8. The minimum absolute atomic E-state index is 0.169. The van der Waals surface area contributed by atoms with Crippen molar-refractivity contribution in [3.8, 4) is 0 Å². The van der Waals surface area contributed by atoms with Crippen LogP contribution in [0.5, 0.6) is 0 Å². The Hall–Kier alpha value is -2.28. The number of anilines is 1. The Morgan fingerprint density at radius 2 is 1.81 bits per heavy atom. The van der Waals surface area contributed by atoms with Crippen LogP contribution < -0.4 is 15.6 Å². The maximum absolute atomic E-state index is 11.5. The van der Waals surface area contributed by atoms with Crippen molar-refractivity contribution in [1.82, 2.24) is 15.9 Å². The van der Waals surface area contributed by atoms with Crippen LogP contribution >= 0.6 is 0 Å². The van der Waals surface area contributed by atoms with E-state index in [0.29, 0.717) is 13.0 Å². The molecule has 0 fully saturated rings. The number of rotatable bonds is 5. The molecule has 0 heterocycles. The summed E-state index contributed by atoms with van der Waals surface area (Å²) in [6.07, 6.45) is 0.764. The van der Waals surface area contributed by atoms with Crippen molar-refractivity contribution in [2.24, 2.45) is 0 Å². The van der Waals surface area contributed by atoms with Crippen molar-refractivity contribution in [1.29, 1.82) is 0 Å². The van der Waals surface area contributed by atoms with Crippen molar-refractivity contribution in [3.63, 3.8) is 0 Å². The maximum atomic E-state index is 11.5. The van der Waals surface area contributed by atoms with Crippen molar-refractivity contribution >= 4 is 17.6 Å². The van der Waals surface area contributed by atoms with Crippen molar-refractivity contribution in [3.05, 3.63) is 29.8 Å². The number of hydrogen-bond acceptors (Lipinski definition) is 4. The Morgan fingerprint density at radius 3 is 2.33 bits per heavy atom. The zero-order valence-electron chi connectivity index (χ0n) is 12.6. The predicted octanol–water partition coefficient (Wildman–Crippen LogP) is 1.48. The molecule has 0 atom stereocenters. The van der Waals surface area contributed by atoms with Crippen LogP contribution in [0.4, 0.5) is 10.5 Å². The van der Waals surface area contributed by atoms with Gasteiger partial charge in [0, 0.05) is 32.7 Å². The normalized spacial score (nSPS) is 9.90. The molecule has 0 bridgehead atoms. The molecule has 0 unspecified atom stereocenters. The highest BCUT2D eigenvalue weighted by Crippen LogP contribution is 2.11. The Balaban J connectivity index is 2.40. The third-order valence-electron chi connectivity index (χ3n) is 2.81. The number of hydrogen-bond donors (Lipinski definition) is 3. The molecule has 3 amide bonds. The monoisotopic (exact) mass is 294 g/mol. The SMILES string of the molecule is CCCC(=O)N(O)NC(=O)NCc1ccc(N(C)C)cc1. The summed E-state index contributed by atoms with van der Waals surface area (Å²) in [7, 11) is 3.90. The summed E-state index contributed by atoms with van der Waals surface area (Å²) in [6.45, 7) is 2.11. The van der Waals surface area contributed by atoms with Crippen LogP contribution in [0.2, 0.25) is 0 Å². The molecule has 1 aromatic carbocycles. The van der Waals surface area contributed by atoms with Gasteiger partial charge in [-0.2, -0.15) is 0 Å². The molecule has 0 saturated heterocycles. The van der Waals surface area contributed by atoms with Gasteiger partial charge in [-0.25, -0.2) is 10.2 Å². The molecule has 0 aliphatic rings. The Morgan fingerprint density at radius 1 is 1.19 bits per heavy atom. The first kappa shape index (κ1) is 16.8. The number of hydrazine groups is 1. The lowest BCUT2D eigenvalue weighted by molar-refractivity contribution is -0.175. The zero-order valence-corrected chi connectivity index (χ0v) is 12.6.